The molecule has 2 rings (SSSR count). The first kappa shape index (κ1) is 9.48. The predicted octanol–water partition coefficient (Wildman–Crippen LogP) is 2.94. The number of nitrogens with two attached hydrogens (primary N) is 1. The Bertz CT molecular complexity index is 521. The number of benzene rings is 1. The van der Waals surface area contributed by atoms with E-state index in [1.165, 1.54) is 11.3 Å². The summed E-state index contributed by atoms with van der Waals surface area (Å²) in [5, 5.41) is 11.8. The van der Waals surface area contributed by atoms with Crippen molar-refractivity contribution >= 4 is 49.0 Å². The van der Waals surface area contributed by atoms with Gasteiger partial charge in [0, 0.05) is 4.47 Å². The van der Waals surface area contributed by atoms with Crippen LogP contribution in [-0.4, -0.2) is 11.1 Å². The van der Waals surface area contributed by atoms with Crippen molar-refractivity contribution in [1.29, 1.82) is 0 Å². The predicted molar refractivity (Wildman–Crippen MR) is 60.9 cm³/mol. The van der Waals surface area contributed by atoms with E-state index in [1.54, 1.807) is 6.07 Å². The van der Waals surface area contributed by atoms with Crippen LogP contribution in [0.15, 0.2) is 22.0 Å². The van der Waals surface area contributed by atoms with Crippen molar-refractivity contribution in [3.63, 3.8) is 0 Å². The molecule has 0 aliphatic heterocycles. The minimum absolute atomic E-state index is 0.139. The Balaban J connectivity index is 2.89. The first-order valence-corrected chi connectivity index (χ1v) is 5.47. The molecule has 0 unspecified atom stereocenters. The van der Waals surface area contributed by atoms with Gasteiger partial charge >= 0.3 is 5.97 Å². The molecule has 0 amide bonds. The van der Waals surface area contributed by atoms with E-state index in [9.17, 15) is 4.79 Å². The minimum atomic E-state index is -1.01. The number of nitrogen functional groups attached to an aromatic ring is 1. The molecule has 1 aromatic heterocycles. The fraction of sp³-hybridized carbons (Fsp3) is 0. The van der Waals surface area contributed by atoms with E-state index in [4.69, 9.17) is 10.8 Å². The summed E-state index contributed by atoms with van der Waals surface area (Å²) in [6.45, 7) is 0. The largest absolute Gasteiger partial charge is 0.478 e. The quantitative estimate of drug-likeness (QED) is 0.784. The first-order chi connectivity index (χ1) is 6.61. The Morgan fingerprint density at radius 2 is 2.29 bits per heavy atom. The van der Waals surface area contributed by atoms with Crippen LogP contribution in [0.25, 0.3) is 10.1 Å². The van der Waals surface area contributed by atoms with Gasteiger partial charge in [0.2, 0.25) is 0 Å². The number of fused-ring (bicyclic) bond motifs is 1. The molecule has 3 N–H and O–H groups in total. The summed E-state index contributed by atoms with van der Waals surface area (Å²) in [5.41, 5.74) is 6.23. The Morgan fingerprint density at radius 1 is 1.57 bits per heavy atom. The van der Waals surface area contributed by atoms with Gasteiger partial charge in [-0.2, -0.15) is 0 Å². The summed E-state index contributed by atoms with van der Waals surface area (Å²) >= 11 is 4.64. The number of carboxylic acid groups (broad SMARTS) is 1. The van der Waals surface area contributed by atoms with E-state index in [1.807, 2.05) is 11.4 Å². The maximum absolute atomic E-state index is 10.9. The van der Waals surface area contributed by atoms with Crippen LogP contribution in [0.4, 0.5) is 5.69 Å². The molecular formula is C9H6BrNO2S. The number of carbonyl (C=O) groups is 1. The monoisotopic (exact) mass is 271 g/mol. The average molecular weight is 272 g/mol. The molecule has 1 aromatic carbocycles. The molecular weight excluding hydrogens is 266 g/mol. The number of hydrogen-bond acceptors (Lipinski definition) is 3. The molecule has 3 nitrogen and oxygen atoms in total. The molecule has 14 heavy (non-hydrogen) atoms. The molecule has 1 heterocycles. The molecule has 0 aliphatic carbocycles. The highest BCUT2D eigenvalue weighted by Crippen LogP contribution is 2.34. The van der Waals surface area contributed by atoms with Gasteiger partial charge in [0.25, 0.3) is 0 Å². The van der Waals surface area contributed by atoms with Gasteiger partial charge in [-0.25, -0.2) is 4.79 Å². The van der Waals surface area contributed by atoms with E-state index in [0.717, 1.165) is 10.1 Å². The van der Waals surface area contributed by atoms with Crippen molar-refractivity contribution < 1.29 is 9.90 Å². The summed E-state index contributed by atoms with van der Waals surface area (Å²) in [6.07, 6.45) is 0. The molecule has 0 saturated heterocycles. The second kappa shape index (κ2) is 3.25. The lowest BCUT2D eigenvalue weighted by Gasteiger charge is -2.04. The van der Waals surface area contributed by atoms with E-state index >= 15 is 0 Å². The maximum atomic E-state index is 10.9. The standard InChI is InChI=1S/C9H6BrNO2S/c10-5-3-4-1-2-14-8(4)7(11)6(5)9(12)13/h1-3H,11H2,(H,12,13). The third-order valence-electron chi connectivity index (χ3n) is 1.94. The number of anilines is 1. The fourth-order valence-corrected chi connectivity index (χ4v) is 2.79. The number of hydrogen-bond donors (Lipinski definition) is 2. The highest BCUT2D eigenvalue weighted by Gasteiger charge is 2.16. The minimum Gasteiger partial charge on any atom is -0.478 e. The topological polar surface area (TPSA) is 63.3 Å². The molecule has 0 aliphatic rings. The lowest BCUT2D eigenvalue weighted by molar-refractivity contribution is 0.0697. The zero-order valence-corrected chi connectivity index (χ0v) is 9.35. The van der Waals surface area contributed by atoms with Gasteiger partial charge in [-0.15, -0.1) is 11.3 Å². The van der Waals surface area contributed by atoms with Crippen LogP contribution in [-0.2, 0) is 0 Å². The molecule has 0 spiro atoms. The number of aromatic carboxylic acids is 1. The van der Waals surface area contributed by atoms with Gasteiger partial charge in [0.05, 0.1) is 16.0 Å². The van der Waals surface area contributed by atoms with Crippen LogP contribution in [0.1, 0.15) is 10.4 Å². The molecule has 0 atom stereocenters. The molecule has 0 bridgehead atoms. The zero-order valence-electron chi connectivity index (χ0n) is 6.95. The third-order valence-corrected chi connectivity index (χ3v) is 3.53. The van der Waals surface area contributed by atoms with Crippen LogP contribution in [0.2, 0.25) is 0 Å². The van der Waals surface area contributed by atoms with Crippen molar-refractivity contribution in [2.24, 2.45) is 0 Å². The molecule has 0 radical (unpaired) electrons. The summed E-state index contributed by atoms with van der Waals surface area (Å²) in [5.74, 6) is -1.01. The van der Waals surface area contributed by atoms with E-state index in [-0.39, 0.29) is 5.56 Å². The lowest BCUT2D eigenvalue weighted by atomic mass is 10.1. The number of thiophene rings is 1. The van der Waals surface area contributed by atoms with Crippen molar-refractivity contribution in [1.82, 2.24) is 0 Å². The number of rotatable bonds is 1. The number of carboxylic acids is 1. The fourth-order valence-electron chi connectivity index (χ4n) is 1.32. The summed E-state index contributed by atoms with van der Waals surface area (Å²) < 4.78 is 1.35. The van der Waals surface area contributed by atoms with Crippen molar-refractivity contribution in [3.8, 4) is 0 Å². The summed E-state index contributed by atoms with van der Waals surface area (Å²) in [7, 11) is 0. The Kier molecular flexibility index (Phi) is 2.20. The molecule has 5 heteroatoms. The summed E-state index contributed by atoms with van der Waals surface area (Å²) in [6, 6.07) is 3.68. The average Bonchev–Trinajstić information content (AvgIpc) is 2.50. The highest BCUT2D eigenvalue weighted by atomic mass is 79.9. The SMILES string of the molecule is Nc1c(C(=O)O)c(Br)cc2ccsc12. The van der Waals surface area contributed by atoms with Crippen LogP contribution in [0.5, 0.6) is 0 Å². The van der Waals surface area contributed by atoms with Gasteiger partial charge in [0.15, 0.2) is 0 Å². The van der Waals surface area contributed by atoms with E-state index in [2.05, 4.69) is 15.9 Å². The van der Waals surface area contributed by atoms with Crippen molar-refractivity contribution in [3.05, 3.63) is 27.5 Å². The normalized spacial score (nSPS) is 10.6. The van der Waals surface area contributed by atoms with Crippen LogP contribution >= 0.6 is 27.3 Å². The highest BCUT2D eigenvalue weighted by molar-refractivity contribution is 9.10. The smallest absolute Gasteiger partial charge is 0.339 e. The van der Waals surface area contributed by atoms with Crippen molar-refractivity contribution in [2.75, 3.05) is 5.73 Å². The third kappa shape index (κ3) is 1.29. The second-order valence-corrected chi connectivity index (χ2v) is 4.56. The molecule has 2 aromatic rings. The lowest BCUT2D eigenvalue weighted by Crippen LogP contribution is -2.03. The second-order valence-electron chi connectivity index (χ2n) is 2.79. The Morgan fingerprint density at radius 3 is 2.93 bits per heavy atom. The van der Waals surface area contributed by atoms with Crippen LogP contribution in [0, 0.1) is 0 Å². The van der Waals surface area contributed by atoms with Gasteiger partial charge < -0.3 is 10.8 Å². The zero-order chi connectivity index (χ0) is 10.3. The van der Waals surface area contributed by atoms with Gasteiger partial charge in [-0.1, -0.05) is 0 Å². The van der Waals surface area contributed by atoms with Crippen molar-refractivity contribution in [2.45, 2.75) is 0 Å². The molecule has 0 fully saturated rings. The van der Waals surface area contributed by atoms with Crippen LogP contribution < -0.4 is 5.73 Å². The summed E-state index contributed by atoms with van der Waals surface area (Å²) in [4.78, 5) is 10.9. The Labute approximate surface area is 92.3 Å². The Hall–Kier alpha value is -1.07. The van der Waals surface area contributed by atoms with Crippen LogP contribution in [0.3, 0.4) is 0 Å². The molecule has 0 saturated carbocycles. The maximum Gasteiger partial charge on any atom is 0.339 e. The first-order valence-electron chi connectivity index (χ1n) is 3.79. The van der Waals surface area contributed by atoms with E-state index < -0.39 is 5.97 Å². The van der Waals surface area contributed by atoms with E-state index in [0.29, 0.717) is 10.2 Å². The van der Waals surface area contributed by atoms with Gasteiger partial charge in [-0.05, 0) is 38.8 Å². The number of halogens is 1. The van der Waals surface area contributed by atoms with Gasteiger partial charge in [-0.3, -0.25) is 0 Å². The van der Waals surface area contributed by atoms with Gasteiger partial charge in [0.1, 0.15) is 0 Å². The molecule has 72 valence electrons.